The molecule has 0 radical (unpaired) electrons. The number of aromatic carboxylic acids is 1. The Kier molecular flexibility index (Phi) is 3.42. The summed E-state index contributed by atoms with van der Waals surface area (Å²) in [6.07, 6.45) is 0.831. The van der Waals surface area contributed by atoms with Gasteiger partial charge in [-0.3, -0.25) is 19.3 Å². The van der Waals surface area contributed by atoms with Crippen molar-refractivity contribution in [1.29, 1.82) is 0 Å². The van der Waals surface area contributed by atoms with Gasteiger partial charge in [0.1, 0.15) is 11.1 Å². The second kappa shape index (κ2) is 4.93. The lowest BCUT2D eigenvalue weighted by atomic mass is 10.1. The molecule has 0 aliphatic rings. The van der Waals surface area contributed by atoms with Gasteiger partial charge in [0.15, 0.2) is 17.5 Å². The quantitative estimate of drug-likeness (QED) is 0.673. The van der Waals surface area contributed by atoms with E-state index in [1.165, 1.54) is 0 Å². The minimum Gasteiger partial charge on any atom is -0.477 e. The van der Waals surface area contributed by atoms with Crippen molar-refractivity contribution < 1.29 is 27.9 Å². The summed E-state index contributed by atoms with van der Waals surface area (Å²) < 4.78 is 41.0. The van der Waals surface area contributed by atoms with E-state index in [0.717, 1.165) is 7.05 Å². The Labute approximate surface area is 114 Å². The van der Waals surface area contributed by atoms with Gasteiger partial charge in [-0.25, -0.2) is 18.0 Å². The molecule has 21 heavy (non-hydrogen) atoms. The molecule has 0 aliphatic carbocycles. The lowest BCUT2D eigenvalue weighted by molar-refractivity contribution is -0.108. The number of halogens is 3. The summed E-state index contributed by atoms with van der Waals surface area (Å²) in [5.74, 6) is -6.83. The van der Waals surface area contributed by atoms with E-state index in [9.17, 15) is 27.6 Å². The van der Waals surface area contributed by atoms with E-state index in [-0.39, 0.29) is 6.41 Å². The summed E-state index contributed by atoms with van der Waals surface area (Å²) in [6, 6.07) is 0.387. The normalized spacial score (nSPS) is 10.7. The number of pyridine rings is 1. The SMILES string of the molecule is CN(C=O)n1cc(C(=O)O)c(=O)c2cc(F)c(F)c(F)c21. The van der Waals surface area contributed by atoms with Crippen molar-refractivity contribution in [3.63, 3.8) is 0 Å². The first-order chi connectivity index (χ1) is 9.79. The zero-order valence-corrected chi connectivity index (χ0v) is 10.4. The molecule has 1 amide bonds. The minimum atomic E-state index is -1.84. The maximum Gasteiger partial charge on any atom is 0.341 e. The molecule has 2 rings (SSSR count). The van der Waals surface area contributed by atoms with E-state index in [1.807, 2.05) is 0 Å². The molecule has 0 saturated carbocycles. The molecule has 2 aromatic rings. The van der Waals surface area contributed by atoms with Gasteiger partial charge in [-0.2, -0.15) is 0 Å². The van der Waals surface area contributed by atoms with Crippen LogP contribution < -0.4 is 10.4 Å². The third-order valence-electron chi connectivity index (χ3n) is 2.83. The number of carboxylic acid groups (broad SMARTS) is 1. The molecule has 1 N–H and O–H groups in total. The van der Waals surface area contributed by atoms with Gasteiger partial charge in [-0.1, -0.05) is 0 Å². The molecular formula is C12H7F3N2O4. The molecule has 0 saturated heterocycles. The summed E-state index contributed by atoms with van der Waals surface area (Å²) in [5, 5.41) is 8.90. The Hall–Kier alpha value is -2.84. The number of aromatic nitrogens is 1. The van der Waals surface area contributed by atoms with Gasteiger partial charge >= 0.3 is 5.97 Å². The van der Waals surface area contributed by atoms with Crippen molar-refractivity contribution in [2.75, 3.05) is 12.1 Å². The minimum absolute atomic E-state index is 0.177. The summed E-state index contributed by atoms with van der Waals surface area (Å²) in [7, 11) is 1.11. The first-order valence-electron chi connectivity index (χ1n) is 5.44. The van der Waals surface area contributed by atoms with Crippen LogP contribution in [0, 0.1) is 17.5 Å². The van der Waals surface area contributed by atoms with Crippen LogP contribution in [0.15, 0.2) is 17.1 Å². The molecule has 0 unspecified atom stereocenters. The summed E-state index contributed by atoms with van der Waals surface area (Å²) in [5.41, 5.74) is -2.74. The number of nitrogens with zero attached hydrogens (tertiary/aromatic N) is 2. The average molecular weight is 300 g/mol. The van der Waals surface area contributed by atoms with E-state index in [0.29, 0.717) is 21.9 Å². The molecule has 110 valence electrons. The Balaban J connectivity index is 3.10. The highest BCUT2D eigenvalue weighted by atomic mass is 19.2. The highest BCUT2D eigenvalue weighted by molar-refractivity contribution is 5.93. The molecule has 0 bridgehead atoms. The topological polar surface area (TPSA) is 79.6 Å². The number of benzene rings is 1. The number of carbonyl (C=O) groups excluding carboxylic acids is 1. The molecule has 1 aromatic heterocycles. The van der Waals surface area contributed by atoms with Crippen LogP contribution >= 0.6 is 0 Å². The first kappa shape index (κ1) is 14.6. The van der Waals surface area contributed by atoms with Gasteiger partial charge in [0.2, 0.25) is 11.8 Å². The standard InChI is InChI=1S/C12H7F3N2O4/c1-16(4-18)17-3-6(12(20)21)11(19)5-2-7(13)8(14)9(15)10(5)17/h2-4H,1H3,(H,20,21). The number of fused-ring (bicyclic) bond motifs is 1. The number of hydrogen-bond donors (Lipinski definition) is 1. The van der Waals surface area contributed by atoms with Crippen LogP contribution in [0.2, 0.25) is 0 Å². The fourth-order valence-electron chi connectivity index (χ4n) is 1.83. The largest absolute Gasteiger partial charge is 0.477 e. The Morgan fingerprint density at radius 2 is 1.95 bits per heavy atom. The van der Waals surface area contributed by atoms with Crippen LogP contribution in [-0.2, 0) is 4.79 Å². The number of hydrogen-bond acceptors (Lipinski definition) is 3. The summed E-state index contributed by atoms with van der Waals surface area (Å²) >= 11 is 0. The molecule has 6 nitrogen and oxygen atoms in total. The Morgan fingerprint density at radius 1 is 1.33 bits per heavy atom. The van der Waals surface area contributed by atoms with Crippen molar-refractivity contribution >= 4 is 23.3 Å². The lowest BCUT2D eigenvalue weighted by Gasteiger charge is -2.19. The van der Waals surface area contributed by atoms with Gasteiger partial charge in [-0.15, -0.1) is 0 Å². The van der Waals surface area contributed by atoms with Gasteiger partial charge in [-0.05, 0) is 6.07 Å². The molecule has 1 aromatic carbocycles. The van der Waals surface area contributed by atoms with Crippen LogP contribution in [0.5, 0.6) is 0 Å². The van der Waals surface area contributed by atoms with Crippen LogP contribution in [0.3, 0.4) is 0 Å². The predicted molar refractivity (Wildman–Crippen MR) is 65.2 cm³/mol. The number of amides is 1. The van der Waals surface area contributed by atoms with E-state index < -0.39 is 45.3 Å². The van der Waals surface area contributed by atoms with Crippen molar-refractivity contribution in [1.82, 2.24) is 4.68 Å². The van der Waals surface area contributed by atoms with Crippen molar-refractivity contribution in [2.24, 2.45) is 0 Å². The molecule has 0 atom stereocenters. The van der Waals surface area contributed by atoms with Crippen LogP contribution in [-0.4, -0.2) is 29.2 Å². The lowest BCUT2D eigenvalue weighted by Crippen LogP contribution is -2.32. The third kappa shape index (κ3) is 2.12. The fourth-order valence-corrected chi connectivity index (χ4v) is 1.83. The number of carbonyl (C=O) groups is 2. The van der Waals surface area contributed by atoms with Crippen molar-refractivity contribution in [3.8, 4) is 0 Å². The second-order valence-corrected chi connectivity index (χ2v) is 4.08. The first-order valence-corrected chi connectivity index (χ1v) is 5.44. The van der Waals surface area contributed by atoms with Crippen molar-refractivity contribution in [2.45, 2.75) is 0 Å². The van der Waals surface area contributed by atoms with Gasteiger partial charge in [0.05, 0.1) is 5.39 Å². The molecular weight excluding hydrogens is 293 g/mol. The Bertz CT molecular complexity index is 832. The van der Waals surface area contributed by atoms with E-state index >= 15 is 0 Å². The number of rotatable bonds is 3. The highest BCUT2D eigenvalue weighted by Crippen LogP contribution is 2.21. The fraction of sp³-hybridized carbons (Fsp3) is 0.0833. The molecule has 0 fully saturated rings. The van der Waals surface area contributed by atoms with E-state index in [2.05, 4.69) is 0 Å². The van der Waals surface area contributed by atoms with E-state index in [4.69, 9.17) is 5.11 Å². The molecule has 0 spiro atoms. The second-order valence-electron chi connectivity index (χ2n) is 4.08. The number of carboxylic acids is 1. The van der Waals surface area contributed by atoms with Gasteiger partial charge in [0, 0.05) is 13.2 Å². The van der Waals surface area contributed by atoms with E-state index in [1.54, 1.807) is 0 Å². The highest BCUT2D eigenvalue weighted by Gasteiger charge is 2.23. The summed E-state index contributed by atoms with van der Waals surface area (Å²) in [6.45, 7) is 0. The van der Waals surface area contributed by atoms with Gasteiger partial charge in [0.25, 0.3) is 0 Å². The van der Waals surface area contributed by atoms with Crippen LogP contribution in [0.4, 0.5) is 13.2 Å². The predicted octanol–water partition coefficient (Wildman–Crippen LogP) is 0.841. The van der Waals surface area contributed by atoms with Crippen LogP contribution in [0.25, 0.3) is 10.9 Å². The smallest absolute Gasteiger partial charge is 0.341 e. The maximum absolute atomic E-state index is 13.9. The monoisotopic (exact) mass is 300 g/mol. The average Bonchev–Trinajstić information content (AvgIpc) is 2.44. The molecule has 9 heteroatoms. The van der Waals surface area contributed by atoms with Crippen molar-refractivity contribution in [3.05, 3.63) is 45.5 Å². The summed E-state index contributed by atoms with van der Waals surface area (Å²) in [4.78, 5) is 33.6. The molecule has 1 heterocycles. The van der Waals surface area contributed by atoms with Gasteiger partial charge < -0.3 is 5.11 Å². The zero-order valence-electron chi connectivity index (χ0n) is 10.4. The zero-order chi connectivity index (χ0) is 15.9. The maximum atomic E-state index is 13.9. The van der Waals surface area contributed by atoms with Crippen LogP contribution in [0.1, 0.15) is 10.4 Å². The molecule has 0 aliphatic heterocycles. The third-order valence-corrected chi connectivity index (χ3v) is 2.83. The Morgan fingerprint density at radius 3 is 2.48 bits per heavy atom.